The van der Waals surface area contributed by atoms with Crippen molar-refractivity contribution in [2.24, 2.45) is 0 Å². The molecule has 1 aliphatic heterocycles. The van der Waals surface area contributed by atoms with E-state index >= 15 is 0 Å². The van der Waals surface area contributed by atoms with Gasteiger partial charge in [-0.05, 0) is 41.5 Å². The van der Waals surface area contributed by atoms with Crippen LogP contribution in [0.5, 0.6) is 5.75 Å². The van der Waals surface area contributed by atoms with Gasteiger partial charge in [-0.2, -0.15) is 0 Å². The lowest BCUT2D eigenvalue weighted by Crippen LogP contribution is -2.30. The number of hydrogen-bond donors (Lipinski definition) is 0. The summed E-state index contributed by atoms with van der Waals surface area (Å²) in [6.07, 6.45) is 5.31. The first-order valence-corrected chi connectivity index (χ1v) is 7.91. The summed E-state index contributed by atoms with van der Waals surface area (Å²) in [6.45, 7) is 0. The molecule has 2 heterocycles. The summed E-state index contributed by atoms with van der Waals surface area (Å²) in [5, 5.41) is 0. The van der Waals surface area contributed by atoms with Crippen LogP contribution in [0.1, 0.15) is 23.0 Å². The Kier molecular flexibility index (Phi) is 3.62. The van der Waals surface area contributed by atoms with Crippen molar-refractivity contribution in [1.82, 2.24) is 0 Å². The molecule has 2 atom stereocenters. The van der Waals surface area contributed by atoms with E-state index in [1.54, 1.807) is 19.6 Å². The average Bonchev–Trinajstić information content (AvgIpc) is 3.32. The van der Waals surface area contributed by atoms with Crippen LogP contribution in [-0.2, 0) is 10.2 Å². The molecule has 2 unspecified atom stereocenters. The zero-order chi connectivity index (χ0) is 16.4. The molecule has 0 aliphatic carbocycles. The largest absolute Gasteiger partial charge is 0.497 e. The third kappa shape index (κ3) is 2.21. The van der Waals surface area contributed by atoms with Gasteiger partial charge in [-0.15, -0.1) is 0 Å². The Hall–Kier alpha value is -2.94. The van der Waals surface area contributed by atoms with Gasteiger partial charge in [0.25, 0.3) is 0 Å². The van der Waals surface area contributed by atoms with Crippen LogP contribution < -0.4 is 4.74 Å². The maximum atomic E-state index is 5.97. The van der Waals surface area contributed by atoms with Gasteiger partial charge in [0.1, 0.15) is 11.5 Å². The molecule has 3 nitrogen and oxygen atoms in total. The molecule has 1 aromatic heterocycles. The van der Waals surface area contributed by atoms with Gasteiger partial charge in [0, 0.05) is 0 Å². The van der Waals surface area contributed by atoms with Crippen molar-refractivity contribution in [3.05, 3.63) is 102 Å². The molecule has 0 bridgehead atoms. The fourth-order valence-electron chi connectivity index (χ4n) is 3.39. The summed E-state index contributed by atoms with van der Waals surface area (Å²) in [5.74, 6) is 1.64. The Labute approximate surface area is 141 Å². The number of methoxy groups -OCH3 is 1. The van der Waals surface area contributed by atoms with Gasteiger partial charge in [-0.1, -0.05) is 42.5 Å². The highest BCUT2D eigenvalue weighted by Gasteiger charge is 2.47. The summed E-state index contributed by atoms with van der Waals surface area (Å²) in [6, 6.07) is 22.3. The molecule has 0 saturated carbocycles. The summed E-state index contributed by atoms with van der Waals surface area (Å²) in [5.41, 5.74) is 1.85. The second-order valence-electron chi connectivity index (χ2n) is 5.80. The second-order valence-corrected chi connectivity index (χ2v) is 5.80. The Bertz CT molecular complexity index is 819. The number of furan rings is 1. The number of benzene rings is 2. The standard InChI is InChI=1S/C21H18O3/c1-22-18-11-9-17(10-12-18)21(16-6-3-2-4-7-16)13-15-24-20(21)19-8-5-14-23-19/h2-15,20H,1H3. The highest BCUT2D eigenvalue weighted by molar-refractivity contribution is 5.50. The van der Waals surface area contributed by atoms with E-state index in [1.165, 1.54) is 0 Å². The van der Waals surface area contributed by atoms with Crippen molar-refractivity contribution < 1.29 is 13.9 Å². The van der Waals surface area contributed by atoms with E-state index in [9.17, 15) is 0 Å². The molecule has 3 aromatic rings. The van der Waals surface area contributed by atoms with Gasteiger partial charge in [0.15, 0.2) is 6.10 Å². The molecule has 1 aliphatic rings. The summed E-state index contributed by atoms with van der Waals surface area (Å²) < 4.78 is 16.9. The zero-order valence-electron chi connectivity index (χ0n) is 13.4. The lowest BCUT2D eigenvalue weighted by atomic mass is 9.70. The molecule has 0 radical (unpaired) electrons. The predicted octanol–water partition coefficient (Wildman–Crippen LogP) is 4.86. The van der Waals surface area contributed by atoms with E-state index in [2.05, 4.69) is 30.3 Å². The van der Waals surface area contributed by atoms with Gasteiger partial charge in [-0.3, -0.25) is 0 Å². The third-order valence-corrected chi connectivity index (χ3v) is 4.58. The predicted molar refractivity (Wildman–Crippen MR) is 91.9 cm³/mol. The monoisotopic (exact) mass is 318 g/mol. The molecule has 3 heteroatoms. The highest BCUT2D eigenvalue weighted by Crippen LogP contribution is 2.50. The van der Waals surface area contributed by atoms with Crippen molar-refractivity contribution >= 4 is 0 Å². The van der Waals surface area contributed by atoms with Crippen LogP contribution in [0, 0.1) is 0 Å². The van der Waals surface area contributed by atoms with Gasteiger partial charge >= 0.3 is 0 Å². The van der Waals surface area contributed by atoms with Crippen LogP contribution >= 0.6 is 0 Å². The number of rotatable bonds is 4. The van der Waals surface area contributed by atoms with E-state index < -0.39 is 5.41 Å². The molecule has 0 spiro atoms. The summed E-state index contributed by atoms with van der Waals surface area (Å²) in [4.78, 5) is 0. The van der Waals surface area contributed by atoms with Crippen molar-refractivity contribution in [3.8, 4) is 5.75 Å². The quantitative estimate of drug-likeness (QED) is 0.688. The summed E-state index contributed by atoms with van der Waals surface area (Å²) >= 11 is 0. The summed E-state index contributed by atoms with van der Waals surface area (Å²) in [7, 11) is 1.67. The van der Waals surface area contributed by atoms with Crippen molar-refractivity contribution in [2.45, 2.75) is 11.5 Å². The zero-order valence-corrected chi connectivity index (χ0v) is 13.4. The van der Waals surface area contributed by atoms with Crippen LogP contribution in [0.25, 0.3) is 0 Å². The molecule has 0 amide bonds. The van der Waals surface area contributed by atoms with Crippen LogP contribution in [0.15, 0.2) is 89.7 Å². The lowest BCUT2D eigenvalue weighted by Gasteiger charge is -2.33. The van der Waals surface area contributed by atoms with Crippen LogP contribution in [-0.4, -0.2) is 7.11 Å². The molecule has 2 aromatic carbocycles. The molecule has 0 N–H and O–H groups in total. The second kappa shape index (κ2) is 5.93. The molecular weight excluding hydrogens is 300 g/mol. The van der Waals surface area contributed by atoms with E-state index in [-0.39, 0.29) is 6.10 Å². The minimum Gasteiger partial charge on any atom is -0.497 e. The molecule has 120 valence electrons. The van der Waals surface area contributed by atoms with Crippen molar-refractivity contribution in [1.29, 1.82) is 0 Å². The van der Waals surface area contributed by atoms with Gasteiger partial charge < -0.3 is 13.9 Å². The lowest BCUT2D eigenvalue weighted by molar-refractivity contribution is 0.108. The van der Waals surface area contributed by atoms with Crippen molar-refractivity contribution in [2.75, 3.05) is 7.11 Å². The van der Waals surface area contributed by atoms with Crippen LogP contribution in [0.2, 0.25) is 0 Å². The minimum absolute atomic E-state index is 0.247. The number of ether oxygens (including phenoxy) is 2. The first-order chi connectivity index (χ1) is 11.8. The Morgan fingerprint density at radius 2 is 1.62 bits per heavy atom. The fourth-order valence-corrected chi connectivity index (χ4v) is 3.39. The maximum absolute atomic E-state index is 5.97. The van der Waals surface area contributed by atoms with Crippen LogP contribution in [0.3, 0.4) is 0 Å². The van der Waals surface area contributed by atoms with Gasteiger partial charge in [-0.25, -0.2) is 0 Å². The first-order valence-electron chi connectivity index (χ1n) is 7.91. The molecule has 4 rings (SSSR count). The first kappa shape index (κ1) is 14.6. The van der Waals surface area contributed by atoms with Gasteiger partial charge in [0.05, 0.1) is 25.1 Å². The average molecular weight is 318 g/mol. The normalized spacial score (nSPS) is 22.3. The fraction of sp³-hybridized carbons (Fsp3) is 0.143. The Morgan fingerprint density at radius 3 is 2.29 bits per heavy atom. The Morgan fingerprint density at radius 1 is 0.875 bits per heavy atom. The highest BCUT2D eigenvalue weighted by atomic mass is 16.5. The van der Waals surface area contributed by atoms with Gasteiger partial charge in [0.2, 0.25) is 0 Å². The van der Waals surface area contributed by atoms with Crippen LogP contribution in [0.4, 0.5) is 0 Å². The minimum atomic E-state index is -0.439. The Balaban J connectivity index is 1.91. The molecule has 24 heavy (non-hydrogen) atoms. The van der Waals surface area contributed by atoms with Crippen molar-refractivity contribution in [3.63, 3.8) is 0 Å². The molecule has 0 saturated heterocycles. The SMILES string of the molecule is COc1ccc(C2(c3ccccc3)C=COC2c2ccco2)cc1. The molecule has 0 fully saturated rings. The topological polar surface area (TPSA) is 31.6 Å². The van der Waals surface area contributed by atoms with E-state index in [4.69, 9.17) is 13.9 Å². The van der Waals surface area contributed by atoms with E-state index in [0.29, 0.717) is 0 Å². The molecular formula is C21H18O3. The van der Waals surface area contributed by atoms with E-state index in [1.807, 2.05) is 42.5 Å². The third-order valence-electron chi connectivity index (χ3n) is 4.58. The smallest absolute Gasteiger partial charge is 0.172 e. The maximum Gasteiger partial charge on any atom is 0.172 e. The number of hydrogen-bond acceptors (Lipinski definition) is 3. The van der Waals surface area contributed by atoms with E-state index in [0.717, 1.165) is 22.6 Å².